The summed E-state index contributed by atoms with van der Waals surface area (Å²) in [4.78, 5) is 14.5. The molecule has 4 aliphatic rings. The van der Waals surface area contributed by atoms with Crippen molar-refractivity contribution < 1.29 is 19.0 Å². The van der Waals surface area contributed by atoms with Crippen LogP contribution in [0.5, 0.6) is 0 Å². The van der Waals surface area contributed by atoms with Crippen LogP contribution in [0.2, 0.25) is 0 Å². The first-order chi connectivity index (χ1) is 12.8. The van der Waals surface area contributed by atoms with Gasteiger partial charge in [0.25, 0.3) is 0 Å². The molecule has 0 unspecified atom stereocenters. The van der Waals surface area contributed by atoms with Gasteiger partial charge in [0.15, 0.2) is 0 Å². The summed E-state index contributed by atoms with van der Waals surface area (Å²) in [5.41, 5.74) is 1.21. The molecule has 0 N–H and O–H groups in total. The van der Waals surface area contributed by atoms with Gasteiger partial charge < -0.3 is 19.1 Å². The molecule has 4 rings (SSSR count). The average molecular weight is 363 g/mol. The molecule has 1 atom stereocenters. The lowest BCUT2D eigenvalue weighted by atomic mass is 9.80. The second-order valence-electron chi connectivity index (χ2n) is 8.53. The van der Waals surface area contributed by atoms with Crippen LogP contribution in [0.1, 0.15) is 51.4 Å². The maximum atomic E-state index is 12.5. The van der Waals surface area contributed by atoms with E-state index in [1.54, 1.807) is 0 Å². The molecule has 26 heavy (non-hydrogen) atoms. The number of nitrogens with zero attached hydrogens (tertiary/aromatic N) is 1. The van der Waals surface area contributed by atoms with Crippen molar-refractivity contribution in [3.05, 3.63) is 11.6 Å². The highest BCUT2D eigenvalue weighted by Gasteiger charge is 2.54. The quantitative estimate of drug-likeness (QED) is 0.681. The number of amides is 1. The molecular formula is C21H33NO4. The van der Waals surface area contributed by atoms with Crippen LogP contribution < -0.4 is 0 Å². The van der Waals surface area contributed by atoms with E-state index >= 15 is 0 Å². The topological polar surface area (TPSA) is 48.0 Å². The van der Waals surface area contributed by atoms with E-state index in [1.807, 2.05) is 4.90 Å². The lowest BCUT2D eigenvalue weighted by molar-refractivity contribution is -0.168. The third kappa shape index (κ3) is 4.15. The SMILES string of the molecule is O=C(CC1=CCCCC1)N1CC2(C1)OCC[C@H]2COCC1CCOCC1. The largest absolute Gasteiger partial charge is 0.381 e. The molecule has 1 aliphatic carbocycles. The Bertz CT molecular complexity index is 520. The Kier molecular flexibility index (Phi) is 5.97. The van der Waals surface area contributed by atoms with Crippen molar-refractivity contribution in [3.8, 4) is 0 Å². The molecule has 3 aliphatic heterocycles. The van der Waals surface area contributed by atoms with E-state index in [4.69, 9.17) is 14.2 Å². The first-order valence-corrected chi connectivity index (χ1v) is 10.5. The van der Waals surface area contributed by atoms with Crippen molar-refractivity contribution in [1.29, 1.82) is 0 Å². The molecule has 0 aromatic rings. The number of carbonyl (C=O) groups is 1. The van der Waals surface area contributed by atoms with Crippen LogP contribution in [0.15, 0.2) is 11.6 Å². The number of hydrogen-bond donors (Lipinski definition) is 0. The first-order valence-electron chi connectivity index (χ1n) is 10.5. The van der Waals surface area contributed by atoms with Crippen LogP contribution in [-0.2, 0) is 19.0 Å². The number of ether oxygens (including phenoxy) is 3. The highest BCUT2D eigenvalue weighted by atomic mass is 16.5. The number of hydrogen-bond acceptors (Lipinski definition) is 4. The van der Waals surface area contributed by atoms with E-state index in [1.165, 1.54) is 18.4 Å². The van der Waals surface area contributed by atoms with Crippen molar-refractivity contribution in [2.75, 3.05) is 46.1 Å². The molecule has 0 aromatic carbocycles. The second-order valence-corrected chi connectivity index (χ2v) is 8.53. The zero-order valence-electron chi connectivity index (χ0n) is 15.9. The summed E-state index contributed by atoms with van der Waals surface area (Å²) in [5, 5.41) is 0. The van der Waals surface area contributed by atoms with Gasteiger partial charge in [-0.25, -0.2) is 0 Å². The van der Waals surface area contributed by atoms with Crippen molar-refractivity contribution in [2.45, 2.75) is 57.0 Å². The Hall–Kier alpha value is -0.910. The van der Waals surface area contributed by atoms with Crippen LogP contribution in [0.3, 0.4) is 0 Å². The summed E-state index contributed by atoms with van der Waals surface area (Å²) >= 11 is 0. The van der Waals surface area contributed by atoms with Gasteiger partial charge in [-0.3, -0.25) is 4.79 Å². The Morgan fingerprint density at radius 2 is 2.00 bits per heavy atom. The van der Waals surface area contributed by atoms with Gasteiger partial charge in [-0.2, -0.15) is 0 Å². The fourth-order valence-corrected chi connectivity index (χ4v) is 4.81. The molecule has 0 saturated carbocycles. The van der Waals surface area contributed by atoms with Crippen LogP contribution in [0, 0.1) is 11.8 Å². The Morgan fingerprint density at radius 1 is 1.15 bits per heavy atom. The summed E-state index contributed by atoms with van der Waals surface area (Å²) in [6.07, 6.45) is 10.9. The van der Waals surface area contributed by atoms with Gasteiger partial charge in [0.1, 0.15) is 5.60 Å². The van der Waals surface area contributed by atoms with Gasteiger partial charge in [-0.05, 0) is 50.9 Å². The number of carbonyl (C=O) groups excluding carboxylic acids is 1. The maximum Gasteiger partial charge on any atom is 0.226 e. The van der Waals surface area contributed by atoms with Crippen LogP contribution in [-0.4, -0.2) is 62.5 Å². The minimum atomic E-state index is -0.133. The molecule has 0 radical (unpaired) electrons. The monoisotopic (exact) mass is 363 g/mol. The first kappa shape index (κ1) is 18.5. The second kappa shape index (κ2) is 8.41. The van der Waals surface area contributed by atoms with Gasteiger partial charge in [-0.1, -0.05) is 11.6 Å². The minimum absolute atomic E-state index is 0.133. The van der Waals surface area contributed by atoms with Gasteiger partial charge >= 0.3 is 0 Å². The minimum Gasteiger partial charge on any atom is -0.381 e. The van der Waals surface area contributed by atoms with Crippen molar-refractivity contribution in [3.63, 3.8) is 0 Å². The highest BCUT2D eigenvalue weighted by molar-refractivity contribution is 5.80. The molecule has 146 valence electrons. The van der Waals surface area contributed by atoms with Crippen molar-refractivity contribution in [2.24, 2.45) is 11.8 Å². The van der Waals surface area contributed by atoms with Gasteiger partial charge in [-0.15, -0.1) is 0 Å². The summed E-state index contributed by atoms with van der Waals surface area (Å²) < 4.78 is 17.6. The van der Waals surface area contributed by atoms with Gasteiger partial charge in [0.05, 0.1) is 19.7 Å². The molecule has 5 nitrogen and oxygen atoms in total. The molecule has 3 heterocycles. The summed E-state index contributed by atoms with van der Waals surface area (Å²) in [7, 11) is 0. The zero-order valence-corrected chi connectivity index (χ0v) is 15.9. The van der Waals surface area contributed by atoms with E-state index in [2.05, 4.69) is 6.08 Å². The van der Waals surface area contributed by atoms with Crippen molar-refractivity contribution >= 4 is 5.91 Å². The lowest BCUT2D eigenvalue weighted by Crippen LogP contribution is -2.66. The third-order valence-corrected chi connectivity index (χ3v) is 6.65. The maximum absolute atomic E-state index is 12.5. The Balaban J connectivity index is 1.21. The molecule has 3 saturated heterocycles. The van der Waals surface area contributed by atoms with E-state index in [-0.39, 0.29) is 11.5 Å². The van der Waals surface area contributed by atoms with Crippen LogP contribution >= 0.6 is 0 Å². The van der Waals surface area contributed by atoms with E-state index in [0.29, 0.717) is 18.3 Å². The summed E-state index contributed by atoms with van der Waals surface area (Å²) in [6, 6.07) is 0. The van der Waals surface area contributed by atoms with E-state index < -0.39 is 0 Å². The van der Waals surface area contributed by atoms with Crippen LogP contribution in [0.4, 0.5) is 0 Å². The molecule has 1 amide bonds. The highest BCUT2D eigenvalue weighted by Crippen LogP contribution is 2.40. The molecular weight excluding hydrogens is 330 g/mol. The number of rotatable bonds is 6. The normalized spacial score (nSPS) is 28.8. The predicted molar refractivity (Wildman–Crippen MR) is 98.9 cm³/mol. The van der Waals surface area contributed by atoms with Gasteiger partial charge in [0, 0.05) is 38.8 Å². The summed E-state index contributed by atoms with van der Waals surface area (Å²) in [5.74, 6) is 1.35. The standard InChI is InChI=1S/C21H33NO4/c23-20(12-17-4-2-1-3-5-17)22-15-21(16-22)19(8-11-26-21)14-25-13-18-6-9-24-10-7-18/h4,18-19H,1-3,5-16H2/t19-/m0/s1. The fourth-order valence-electron chi connectivity index (χ4n) is 4.81. The van der Waals surface area contributed by atoms with Crippen LogP contribution in [0.25, 0.3) is 0 Å². The van der Waals surface area contributed by atoms with E-state index in [9.17, 15) is 4.79 Å². The fraction of sp³-hybridized carbons (Fsp3) is 0.857. The Labute approximate surface area is 157 Å². The van der Waals surface area contributed by atoms with Gasteiger partial charge in [0.2, 0.25) is 5.91 Å². The average Bonchev–Trinajstić information content (AvgIpc) is 3.06. The predicted octanol–water partition coefficient (Wildman–Crippen LogP) is 2.94. The third-order valence-electron chi connectivity index (χ3n) is 6.65. The molecule has 5 heteroatoms. The molecule has 0 aromatic heterocycles. The molecule has 3 fully saturated rings. The zero-order chi connectivity index (χ0) is 17.8. The lowest BCUT2D eigenvalue weighted by Gasteiger charge is -2.50. The van der Waals surface area contributed by atoms with E-state index in [0.717, 1.165) is 78.2 Å². The van der Waals surface area contributed by atoms with Crippen molar-refractivity contribution in [1.82, 2.24) is 4.90 Å². The molecule has 1 spiro atoms. The number of likely N-dealkylation sites (tertiary alicyclic amines) is 1. The Morgan fingerprint density at radius 3 is 2.77 bits per heavy atom. The number of allylic oxidation sites excluding steroid dienone is 1. The summed E-state index contributed by atoms with van der Waals surface area (Å²) in [6.45, 7) is 5.67. The molecule has 0 bridgehead atoms. The smallest absolute Gasteiger partial charge is 0.226 e.